The number of methoxy groups -OCH3 is 1. The number of benzene rings is 2. The Balaban J connectivity index is 1.75. The number of sulfonamides is 1. The van der Waals surface area contributed by atoms with Crippen LogP contribution in [0.4, 0.5) is 0 Å². The minimum Gasteiger partial charge on any atom is -0.465 e. The van der Waals surface area contributed by atoms with E-state index >= 15 is 0 Å². The van der Waals surface area contributed by atoms with E-state index in [9.17, 15) is 13.2 Å². The Morgan fingerprint density at radius 1 is 1.10 bits per heavy atom. The van der Waals surface area contributed by atoms with Crippen molar-refractivity contribution in [1.29, 1.82) is 0 Å². The Labute approximate surface area is 184 Å². The van der Waals surface area contributed by atoms with Crippen LogP contribution in [0, 0.1) is 0 Å². The fourth-order valence-electron chi connectivity index (χ4n) is 4.04. The third-order valence-electron chi connectivity index (χ3n) is 5.46. The highest BCUT2D eigenvalue weighted by molar-refractivity contribution is 7.89. The summed E-state index contributed by atoms with van der Waals surface area (Å²) in [4.78, 5) is 13.8. The summed E-state index contributed by atoms with van der Waals surface area (Å²) in [7, 11) is -2.32. The van der Waals surface area contributed by atoms with Crippen LogP contribution in [-0.4, -0.2) is 58.1 Å². The average molecular weight is 446 g/mol. The molecule has 1 aliphatic rings. The Morgan fingerprint density at radius 2 is 1.71 bits per heavy atom. The highest BCUT2D eigenvalue weighted by Crippen LogP contribution is 2.24. The second-order valence-electron chi connectivity index (χ2n) is 8.14. The minimum atomic E-state index is -3.64. The maximum Gasteiger partial charge on any atom is 0.337 e. The number of esters is 1. The lowest BCUT2D eigenvalue weighted by molar-refractivity contribution is 0.0600. The summed E-state index contributed by atoms with van der Waals surface area (Å²) < 4.78 is 34.1. The van der Waals surface area contributed by atoms with Crippen molar-refractivity contribution >= 4 is 16.0 Å². The van der Waals surface area contributed by atoms with Gasteiger partial charge in [0.25, 0.3) is 0 Å². The SMILES string of the molecule is COC(=O)c1ccc(CNS(=O)(=O)C(CN2C[C@@H](C)N[C@@H](C)C2)c2ccccc2)cc1. The third kappa shape index (κ3) is 6.36. The Bertz CT molecular complexity index is 954. The lowest BCUT2D eigenvalue weighted by Crippen LogP contribution is -2.55. The van der Waals surface area contributed by atoms with E-state index in [0.29, 0.717) is 24.2 Å². The van der Waals surface area contributed by atoms with Gasteiger partial charge in [-0.3, -0.25) is 4.90 Å². The van der Waals surface area contributed by atoms with Crippen molar-refractivity contribution in [2.45, 2.75) is 37.7 Å². The van der Waals surface area contributed by atoms with Gasteiger partial charge >= 0.3 is 5.97 Å². The number of rotatable bonds is 8. The Hall–Kier alpha value is -2.26. The number of carbonyl (C=O) groups excluding carboxylic acids is 1. The lowest BCUT2D eigenvalue weighted by atomic mass is 10.1. The van der Waals surface area contributed by atoms with Crippen molar-refractivity contribution in [3.8, 4) is 0 Å². The smallest absolute Gasteiger partial charge is 0.337 e. The molecular formula is C23H31N3O4S. The third-order valence-corrected chi connectivity index (χ3v) is 7.17. The number of hydrogen-bond acceptors (Lipinski definition) is 6. The van der Waals surface area contributed by atoms with Crippen LogP contribution >= 0.6 is 0 Å². The predicted molar refractivity (Wildman–Crippen MR) is 121 cm³/mol. The summed E-state index contributed by atoms with van der Waals surface area (Å²) in [5.41, 5.74) is 1.97. The summed E-state index contributed by atoms with van der Waals surface area (Å²) in [5, 5.41) is 2.80. The van der Waals surface area contributed by atoms with Crippen LogP contribution in [-0.2, 0) is 21.3 Å². The number of nitrogens with one attached hydrogen (secondary N) is 2. The van der Waals surface area contributed by atoms with E-state index in [1.54, 1.807) is 24.3 Å². The van der Waals surface area contributed by atoms with Gasteiger partial charge in [-0.15, -0.1) is 0 Å². The van der Waals surface area contributed by atoms with Gasteiger partial charge in [-0.1, -0.05) is 42.5 Å². The van der Waals surface area contributed by atoms with E-state index in [4.69, 9.17) is 4.74 Å². The molecule has 1 heterocycles. The molecule has 0 aliphatic carbocycles. The summed E-state index contributed by atoms with van der Waals surface area (Å²) in [6.07, 6.45) is 0. The molecule has 0 amide bonds. The monoisotopic (exact) mass is 445 g/mol. The van der Waals surface area contributed by atoms with E-state index in [2.05, 4.69) is 28.8 Å². The van der Waals surface area contributed by atoms with Gasteiger partial charge in [0.1, 0.15) is 5.25 Å². The van der Waals surface area contributed by atoms with Crippen molar-refractivity contribution in [3.63, 3.8) is 0 Å². The molecule has 168 valence electrons. The first-order valence-electron chi connectivity index (χ1n) is 10.5. The molecule has 1 fully saturated rings. The van der Waals surface area contributed by atoms with Gasteiger partial charge in [-0.25, -0.2) is 17.9 Å². The molecule has 0 aromatic heterocycles. The number of carbonyl (C=O) groups is 1. The Kier molecular flexibility index (Phi) is 7.83. The van der Waals surface area contributed by atoms with Crippen LogP contribution < -0.4 is 10.0 Å². The summed E-state index contributed by atoms with van der Waals surface area (Å²) >= 11 is 0. The number of nitrogens with zero attached hydrogens (tertiary/aromatic N) is 1. The summed E-state index contributed by atoms with van der Waals surface area (Å²) in [6.45, 7) is 6.42. The fourth-order valence-corrected chi connectivity index (χ4v) is 5.53. The molecule has 2 N–H and O–H groups in total. The maximum absolute atomic E-state index is 13.3. The van der Waals surface area contributed by atoms with Crippen molar-refractivity contribution < 1.29 is 17.9 Å². The van der Waals surface area contributed by atoms with Gasteiger partial charge < -0.3 is 10.1 Å². The lowest BCUT2D eigenvalue weighted by Gasteiger charge is -2.37. The van der Waals surface area contributed by atoms with Gasteiger partial charge in [-0.2, -0.15) is 0 Å². The molecule has 0 radical (unpaired) electrons. The molecule has 0 bridgehead atoms. The van der Waals surface area contributed by atoms with E-state index in [0.717, 1.165) is 24.2 Å². The van der Waals surface area contributed by atoms with E-state index in [1.807, 2.05) is 30.3 Å². The molecule has 3 rings (SSSR count). The van der Waals surface area contributed by atoms with Gasteiger partial charge in [0.05, 0.1) is 12.7 Å². The minimum absolute atomic E-state index is 0.154. The van der Waals surface area contributed by atoms with Crippen LogP contribution in [0.25, 0.3) is 0 Å². The Morgan fingerprint density at radius 3 is 2.29 bits per heavy atom. The second-order valence-corrected chi connectivity index (χ2v) is 10.1. The van der Waals surface area contributed by atoms with Crippen molar-refractivity contribution in [3.05, 3.63) is 71.3 Å². The zero-order chi connectivity index (χ0) is 22.4. The molecule has 31 heavy (non-hydrogen) atoms. The zero-order valence-electron chi connectivity index (χ0n) is 18.2. The average Bonchev–Trinajstić information content (AvgIpc) is 2.76. The molecule has 1 aliphatic heterocycles. The molecule has 0 saturated carbocycles. The molecule has 2 aromatic rings. The van der Waals surface area contributed by atoms with Crippen LogP contribution in [0.5, 0.6) is 0 Å². The number of ether oxygens (including phenoxy) is 1. The number of piperazine rings is 1. The summed E-state index contributed by atoms with van der Waals surface area (Å²) in [6, 6.07) is 16.7. The van der Waals surface area contributed by atoms with Crippen molar-refractivity contribution in [2.24, 2.45) is 0 Å². The molecule has 1 unspecified atom stereocenters. The van der Waals surface area contributed by atoms with Crippen LogP contribution in [0.1, 0.15) is 40.6 Å². The van der Waals surface area contributed by atoms with E-state index in [-0.39, 0.29) is 6.54 Å². The highest BCUT2D eigenvalue weighted by Gasteiger charge is 2.31. The first kappa shape index (κ1) is 23.4. The predicted octanol–water partition coefficient (Wildman–Crippen LogP) is 2.32. The topological polar surface area (TPSA) is 87.7 Å². The molecule has 1 saturated heterocycles. The fraction of sp³-hybridized carbons (Fsp3) is 0.435. The van der Waals surface area contributed by atoms with E-state index < -0.39 is 21.2 Å². The van der Waals surface area contributed by atoms with Crippen LogP contribution in [0.2, 0.25) is 0 Å². The molecule has 2 aromatic carbocycles. The molecular weight excluding hydrogens is 414 g/mol. The molecule has 7 nitrogen and oxygen atoms in total. The van der Waals surface area contributed by atoms with E-state index in [1.165, 1.54) is 7.11 Å². The quantitative estimate of drug-likeness (QED) is 0.607. The van der Waals surface area contributed by atoms with Gasteiger partial charge in [0, 0.05) is 38.3 Å². The highest BCUT2D eigenvalue weighted by atomic mass is 32.2. The van der Waals surface area contributed by atoms with Crippen LogP contribution in [0.3, 0.4) is 0 Å². The first-order chi connectivity index (χ1) is 14.8. The normalized spacial score (nSPS) is 20.9. The largest absolute Gasteiger partial charge is 0.465 e. The van der Waals surface area contributed by atoms with Crippen molar-refractivity contribution in [2.75, 3.05) is 26.7 Å². The van der Waals surface area contributed by atoms with Gasteiger partial charge in [0.2, 0.25) is 10.0 Å². The summed E-state index contributed by atoms with van der Waals surface area (Å²) in [5.74, 6) is -0.421. The first-order valence-corrected chi connectivity index (χ1v) is 12.0. The van der Waals surface area contributed by atoms with Crippen molar-refractivity contribution in [1.82, 2.24) is 14.9 Å². The number of hydrogen-bond donors (Lipinski definition) is 2. The molecule has 8 heteroatoms. The maximum atomic E-state index is 13.3. The van der Waals surface area contributed by atoms with Gasteiger partial charge in [0.15, 0.2) is 0 Å². The molecule has 3 atom stereocenters. The second kappa shape index (κ2) is 10.4. The zero-order valence-corrected chi connectivity index (χ0v) is 19.1. The van der Waals surface area contributed by atoms with Crippen LogP contribution in [0.15, 0.2) is 54.6 Å². The standard InChI is InChI=1S/C23H31N3O4S/c1-17-14-26(15-18(2)25-17)16-22(20-7-5-4-6-8-20)31(28,29)24-13-19-9-11-21(12-10-19)23(27)30-3/h4-12,17-18,22,24-25H,13-16H2,1-3H3/t17-,18+,22?. The molecule has 0 spiro atoms. The van der Waals surface area contributed by atoms with Gasteiger partial charge in [-0.05, 0) is 37.1 Å².